The van der Waals surface area contributed by atoms with Crippen LogP contribution in [0.4, 0.5) is 0 Å². The predicted octanol–water partition coefficient (Wildman–Crippen LogP) is 1.92. The second-order valence-electron chi connectivity index (χ2n) is 3.73. The maximum Gasteiger partial charge on any atom is 0.233 e. The molecule has 0 aliphatic heterocycles. The molecule has 5 nitrogen and oxygen atoms in total. The van der Waals surface area contributed by atoms with Crippen LogP contribution in [0.1, 0.15) is 17.4 Å². The molecular weight excluding hydrogens is 298 g/mol. The summed E-state index contributed by atoms with van der Waals surface area (Å²) in [5.41, 5.74) is 1.44. The van der Waals surface area contributed by atoms with E-state index < -0.39 is 6.10 Å². The first kappa shape index (κ1) is 12.9. The van der Waals surface area contributed by atoms with Gasteiger partial charge in [0.1, 0.15) is 6.10 Å². The first-order chi connectivity index (χ1) is 8.69. The van der Waals surface area contributed by atoms with Crippen molar-refractivity contribution in [1.29, 1.82) is 0 Å². The minimum absolute atomic E-state index is 0.426. The molecule has 6 heteroatoms. The molecule has 0 saturated heterocycles. The van der Waals surface area contributed by atoms with Crippen molar-refractivity contribution in [2.24, 2.45) is 0 Å². The number of pyridine rings is 1. The van der Waals surface area contributed by atoms with E-state index in [9.17, 15) is 5.11 Å². The highest BCUT2D eigenvalue weighted by atomic mass is 79.9. The van der Waals surface area contributed by atoms with E-state index in [-0.39, 0.29) is 0 Å². The molecule has 0 aromatic carbocycles. The lowest BCUT2D eigenvalue weighted by Crippen LogP contribution is -2.06. The summed E-state index contributed by atoms with van der Waals surface area (Å²) < 4.78 is 5.79. The lowest BCUT2D eigenvalue weighted by Gasteiger charge is -2.09. The number of nitrogens with zero attached hydrogens (tertiary/aromatic N) is 3. The molecule has 0 fully saturated rings. The molecule has 1 N–H and O–H groups in total. The number of aliphatic hydroxyl groups is 1. The van der Waals surface area contributed by atoms with Crippen molar-refractivity contribution < 1.29 is 9.84 Å². The number of rotatable bonds is 4. The number of halogens is 1. The summed E-state index contributed by atoms with van der Waals surface area (Å²) in [6.45, 7) is 0. The van der Waals surface area contributed by atoms with E-state index in [1.807, 2.05) is 6.07 Å². The molecule has 2 heterocycles. The van der Waals surface area contributed by atoms with Gasteiger partial charge in [-0.15, -0.1) is 10.2 Å². The minimum Gasteiger partial charge on any atom is -0.480 e. The molecule has 1 unspecified atom stereocenters. The van der Waals surface area contributed by atoms with Crippen LogP contribution < -0.4 is 4.74 Å². The van der Waals surface area contributed by atoms with Crippen LogP contribution in [0.25, 0.3) is 0 Å². The Labute approximate surface area is 113 Å². The van der Waals surface area contributed by atoms with Gasteiger partial charge in [-0.2, -0.15) is 0 Å². The third kappa shape index (κ3) is 3.24. The van der Waals surface area contributed by atoms with E-state index in [1.165, 1.54) is 7.11 Å². The van der Waals surface area contributed by atoms with E-state index in [1.54, 1.807) is 24.5 Å². The van der Waals surface area contributed by atoms with E-state index in [0.717, 1.165) is 10.0 Å². The fraction of sp³-hybridized carbons (Fsp3) is 0.250. The van der Waals surface area contributed by atoms with E-state index in [0.29, 0.717) is 18.0 Å². The van der Waals surface area contributed by atoms with Crippen molar-refractivity contribution in [2.75, 3.05) is 7.11 Å². The summed E-state index contributed by atoms with van der Waals surface area (Å²) in [5.74, 6) is 0.426. The molecule has 2 aromatic heterocycles. The van der Waals surface area contributed by atoms with Gasteiger partial charge in [-0.25, -0.2) is 0 Å². The van der Waals surface area contributed by atoms with Gasteiger partial charge in [-0.1, -0.05) is 0 Å². The molecule has 1 atom stereocenters. The van der Waals surface area contributed by atoms with Gasteiger partial charge >= 0.3 is 0 Å². The predicted molar refractivity (Wildman–Crippen MR) is 69.2 cm³/mol. The quantitative estimate of drug-likeness (QED) is 0.934. The van der Waals surface area contributed by atoms with Crippen LogP contribution in [-0.4, -0.2) is 27.4 Å². The molecule has 2 aromatic rings. The van der Waals surface area contributed by atoms with Gasteiger partial charge in [-0.05, 0) is 33.6 Å². The zero-order valence-electron chi connectivity index (χ0n) is 9.75. The van der Waals surface area contributed by atoms with Gasteiger partial charge < -0.3 is 9.84 Å². The molecule has 94 valence electrons. The summed E-state index contributed by atoms with van der Waals surface area (Å²) in [4.78, 5) is 4.04. The number of hydrogen-bond donors (Lipinski definition) is 1. The third-order valence-corrected chi connectivity index (χ3v) is 2.84. The Morgan fingerprint density at radius 1 is 1.33 bits per heavy atom. The largest absolute Gasteiger partial charge is 0.480 e. The molecule has 18 heavy (non-hydrogen) atoms. The van der Waals surface area contributed by atoms with Crippen molar-refractivity contribution >= 4 is 15.9 Å². The van der Waals surface area contributed by atoms with Crippen LogP contribution in [0, 0.1) is 0 Å². The lowest BCUT2D eigenvalue weighted by atomic mass is 10.1. The molecule has 0 bridgehead atoms. The molecule has 2 rings (SSSR count). The van der Waals surface area contributed by atoms with Crippen molar-refractivity contribution in [3.8, 4) is 5.88 Å². The highest BCUT2D eigenvalue weighted by Crippen LogP contribution is 2.18. The Morgan fingerprint density at radius 3 is 2.78 bits per heavy atom. The minimum atomic E-state index is -0.709. The van der Waals surface area contributed by atoms with Crippen LogP contribution in [-0.2, 0) is 6.42 Å². The summed E-state index contributed by atoms with van der Waals surface area (Å²) in [5, 5.41) is 17.8. The zero-order valence-corrected chi connectivity index (χ0v) is 11.3. The van der Waals surface area contributed by atoms with Crippen LogP contribution in [0.3, 0.4) is 0 Å². The second kappa shape index (κ2) is 5.88. The van der Waals surface area contributed by atoms with Gasteiger partial charge in [0.25, 0.3) is 0 Å². The lowest BCUT2D eigenvalue weighted by molar-refractivity contribution is 0.172. The topological polar surface area (TPSA) is 68.1 Å². The molecule has 0 spiro atoms. The molecule has 0 saturated carbocycles. The van der Waals surface area contributed by atoms with E-state index in [2.05, 4.69) is 31.1 Å². The fourth-order valence-corrected chi connectivity index (χ4v) is 1.92. The number of methoxy groups -OCH3 is 1. The SMILES string of the molecule is COc1ccc(C(O)Cc2cncc(Br)c2)nn1. The number of hydrogen-bond acceptors (Lipinski definition) is 5. The van der Waals surface area contributed by atoms with Crippen LogP contribution >= 0.6 is 15.9 Å². The molecular formula is C12H12BrN3O2. The Hall–Kier alpha value is -1.53. The Bertz CT molecular complexity index is 519. The van der Waals surface area contributed by atoms with Crippen molar-refractivity contribution in [3.05, 3.63) is 46.3 Å². The molecule has 0 amide bonds. The summed E-state index contributed by atoms with van der Waals surface area (Å²) in [6.07, 6.45) is 3.14. The smallest absolute Gasteiger partial charge is 0.233 e. The van der Waals surface area contributed by atoms with Gasteiger partial charge in [0.15, 0.2) is 0 Å². The van der Waals surface area contributed by atoms with Crippen molar-refractivity contribution in [3.63, 3.8) is 0 Å². The Kier molecular flexibility index (Phi) is 4.22. The summed E-state index contributed by atoms with van der Waals surface area (Å²) in [6, 6.07) is 5.28. The normalized spacial score (nSPS) is 12.2. The average molecular weight is 310 g/mol. The van der Waals surface area contributed by atoms with Gasteiger partial charge in [0.05, 0.1) is 12.8 Å². The van der Waals surface area contributed by atoms with Crippen LogP contribution in [0.2, 0.25) is 0 Å². The molecule has 0 radical (unpaired) electrons. The number of aromatic nitrogens is 3. The molecule has 0 aliphatic carbocycles. The maximum absolute atomic E-state index is 10.0. The van der Waals surface area contributed by atoms with Crippen LogP contribution in [0.5, 0.6) is 5.88 Å². The first-order valence-electron chi connectivity index (χ1n) is 5.34. The zero-order chi connectivity index (χ0) is 13.0. The maximum atomic E-state index is 10.0. The average Bonchev–Trinajstić information content (AvgIpc) is 2.39. The Morgan fingerprint density at radius 2 is 2.17 bits per heavy atom. The highest BCUT2D eigenvalue weighted by Gasteiger charge is 2.11. The van der Waals surface area contributed by atoms with Gasteiger partial charge in [0.2, 0.25) is 5.88 Å². The second-order valence-corrected chi connectivity index (χ2v) is 4.65. The molecule has 0 aliphatic rings. The monoisotopic (exact) mass is 309 g/mol. The van der Waals surface area contributed by atoms with Crippen LogP contribution in [0.15, 0.2) is 35.1 Å². The first-order valence-corrected chi connectivity index (χ1v) is 6.13. The van der Waals surface area contributed by atoms with Gasteiger partial charge in [-0.3, -0.25) is 4.98 Å². The Balaban J connectivity index is 2.09. The number of ether oxygens (including phenoxy) is 1. The summed E-state index contributed by atoms with van der Waals surface area (Å²) in [7, 11) is 1.52. The van der Waals surface area contributed by atoms with Crippen molar-refractivity contribution in [2.45, 2.75) is 12.5 Å². The van der Waals surface area contributed by atoms with Crippen molar-refractivity contribution in [1.82, 2.24) is 15.2 Å². The summed E-state index contributed by atoms with van der Waals surface area (Å²) >= 11 is 3.34. The van der Waals surface area contributed by atoms with E-state index in [4.69, 9.17) is 4.74 Å². The number of aliphatic hydroxyl groups excluding tert-OH is 1. The highest BCUT2D eigenvalue weighted by molar-refractivity contribution is 9.10. The fourth-order valence-electron chi connectivity index (χ4n) is 1.51. The third-order valence-electron chi connectivity index (χ3n) is 2.40. The van der Waals surface area contributed by atoms with E-state index >= 15 is 0 Å². The standard InChI is InChI=1S/C12H12BrN3O2/c1-18-12-3-2-10(15-16-12)11(17)5-8-4-9(13)7-14-6-8/h2-4,6-7,11,17H,5H2,1H3. The van der Waals surface area contributed by atoms with Gasteiger partial charge in [0, 0.05) is 29.4 Å².